The zero-order valence-electron chi connectivity index (χ0n) is 12.6. The van der Waals surface area contributed by atoms with Crippen LogP contribution in [0.4, 0.5) is 0 Å². The molecule has 0 saturated carbocycles. The van der Waals surface area contributed by atoms with Gasteiger partial charge in [-0.25, -0.2) is 0 Å². The molecule has 0 amide bonds. The van der Waals surface area contributed by atoms with Crippen LogP contribution in [-0.4, -0.2) is 62.5 Å². The second-order valence-electron chi connectivity index (χ2n) is 4.16. The molecular formula is C14H30N2P2. The van der Waals surface area contributed by atoms with Crippen LogP contribution in [0.25, 0.3) is 0 Å². The Bertz CT molecular complexity index is 198. The summed E-state index contributed by atoms with van der Waals surface area (Å²) in [5.74, 6) is 0. The van der Waals surface area contributed by atoms with Crippen molar-refractivity contribution in [2.24, 2.45) is 9.98 Å². The molecule has 0 aromatic rings. The summed E-state index contributed by atoms with van der Waals surface area (Å²) in [5.41, 5.74) is 0. The second kappa shape index (κ2) is 13.6. The van der Waals surface area contributed by atoms with Crippen molar-refractivity contribution >= 4 is 28.3 Å². The van der Waals surface area contributed by atoms with Gasteiger partial charge in [0, 0.05) is 25.5 Å². The predicted molar refractivity (Wildman–Crippen MR) is 92.5 cm³/mol. The van der Waals surface area contributed by atoms with Gasteiger partial charge in [-0.1, -0.05) is 27.7 Å². The topological polar surface area (TPSA) is 24.7 Å². The molecule has 0 aliphatic rings. The zero-order chi connectivity index (χ0) is 13.6. The van der Waals surface area contributed by atoms with Gasteiger partial charge in [0.25, 0.3) is 0 Å². The van der Waals surface area contributed by atoms with Crippen LogP contribution in [0.3, 0.4) is 0 Å². The number of aliphatic imine (C=N–C) groups is 2. The van der Waals surface area contributed by atoms with E-state index in [2.05, 4.69) is 37.7 Å². The third-order valence-electron chi connectivity index (χ3n) is 3.16. The summed E-state index contributed by atoms with van der Waals surface area (Å²) in [4.78, 5) is 8.82. The van der Waals surface area contributed by atoms with E-state index >= 15 is 0 Å². The van der Waals surface area contributed by atoms with E-state index < -0.39 is 0 Å². The fourth-order valence-corrected chi connectivity index (χ4v) is 4.68. The van der Waals surface area contributed by atoms with Gasteiger partial charge in [-0.15, -0.1) is 15.8 Å². The fraction of sp³-hybridized carbons (Fsp3) is 0.857. The Morgan fingerprint density at radius 3 is 1.28 bits per heavy atom. The van der Waals surface area contributed by atoms with Crippen molar-refractivity contribution in [1.82, 2.24) is 0 Å². The Labute approximate surface area is 116 Å². The quantitative estimate of drug-likeness (QED) is 0.403. The van der Waals surface area contributed by atoms with Gasteiger partial charge in [0.15, 0.2) is 0 Å². The molecular weight excluding hydrogens is 258 g/mol. The maximum atomic E-state index is 4.41. The summed E-state index contributed by atoms with van der Waals surface area (Å²) in [5, 5.41) is 0. The maximum absolute atomic E-state index is 4.41. The van der Waals surface area contributed by atoms with Crippen LogP contribution < -0.4 is 0 Å². The third-order valence-corrected chi connectivity index (χ3v) is 8.40. The summed E-state index contributed by atoms with van der Waals surface area (Å²) in [6.45, 7) is 11.1. The lowest BCUT2D eigenvalue weighted by atomic mass is 10.7. The van der Waals surface area contributed by atoms with E-state index in [9.17, 15) is 0 Å². The van der Waals surface area contributed by atoms with Crippen LogP contribution in [0.1, 0.15) is 27.7 Å². The van der Waals surface area contributed by atoms with Gasteiger partial charge >= 0.3 is 0 Å². The highest BCUT2D eigenvalue weighted by molar-refractivity contribution is 7.57. The van der Waals surface area contributed by atoms with Crippen molar-refractivity contribution < 1.29 is 0 Å². The molecule has 0 rings (SSSR count). The molecule has 18 heavy (non-hydrogen) atoms. The lowest BCUT2D eigenvalue weighted by molar-refractivity contribution is 1.13. The molecule has 0 heterocycles. The molecule has 0 radical (unpaired) electrons. The van der Waals surface area contributed by atoms with Crippen molar-refractivity contribution in [3.63, 3.8) is 0 Å². The predicted octanol–water partition coefficient (Wildman–Crippen LogP) is 4.17. The van der Waals surface area contributed by atoms with Crippen LogP contribution >= 0.6 is 15.8 Å². The molecule has 2 nitrogen and oxygen atoms in total. The first-order valence-electron chi connectivity index (χ1n) is 7.21. The van der Waals surface area contributed by atoms with Crippen molar-refractivity contribution in [3.05, 3.63) is 0 Å². The van der Waals surface area contributed by atoms with E-state index in [4.69, 9.17) is 0 Å². The molecule has 0 N–H and O–H groups in total. The average molecular weight is 288 g/mol. The Hall–Kier alpha value is 0.200. The molecule has 0 unspecified atom stereocenters. The first-order chi connectivity index (χ1) is 8.78. The SMILES string of the molecule is CCP(CC)CCN=CC=NCCP(CC)CC. The molecule has 0 aliphatic heterocycles. The molecule has 0 aromatic carbocycles. The van der Waals surface area contributed by atoms with Gasteiger partial charge in [-0.3, -0.25) is 9.98 Å². The molecule has 106 valence electrons. The standard InChI is InChI=1S/C14H30N2P2/c1-5-17(6-2)13-11-15-9-10-16-12-14-18(7-3)8-4/h9-10H,5-8,11-14H2,1-4H3. The highest BCUT2D eigenvalue weighted by Crippen LogP contribution is 2.33. The highest BCUT2D eigenvalue weighted by Gasteiger charge is 2.00. The number of hydrogen-bond acceptors (Lipinski definition) is 2. The maximum Gasteiger partial charge on any atom is 0.0429 e. The smallest absolute Gasteiger partial charge is 0.0429 e. The van der Waals surface area contributed by atoms with Gasteiger partial charge in [0.05, 0.1) is 0 Å². The van der Waals surface area contributed by atoms with E-state index in [-0.39, 0.29) is 15.8 Å². The molecule has 0 fully saturated rings. The minimum absolute atomic E-state index is 0.247. The van der Waals surface area contributed by atoms with Gasteiger partial charge in [-0.05, 0) is 37.0 Å². The molecule has 0 atom stereocenters. The Kier molecular flexibility index (Phi) is 13.8. The fourth-order valence-electron chi connectivity index (χ4n) is 1.72. The Morgan fingerprint density at radius 1 is 0.667 bits per heavy atom. The van der Waals surface area contributed by atoms with Crippen LogP contribution in [0.2, 0.25) is 0 Å². The monoisotopic (exact) mass is 288 g/mol. The lowest BCUT2D eigenvalue weighted by Crippen LogP contribution is -1.96. The van der Waals surface area contributed by atoms with Crippen LogP contribution in [0.15, 0.2) is 9.98 Å². The molecule has 4 heteroatoms. The summed E-state index contributed by atoms with van der Waals surface area (Å²) in [6, 6.07) is 0. The summed E-state index contributed by atoms with van der Waals surface area (Å²) >= 11 is 0. The molecule has 0 bridgehead atoms. The normalized spacial score (nSPS) is 12.6. The Balaban J connectivity index is 3.57. The zero-order valence-corrected chi connectivity index (χ0v) is 14.4. The van der Waals surface area contributed by atoms with Crippen LogP contribution in [0, 0.1) is 0 Å². The molecule has 0 aromatic heterocycles. The minimum Gasteiger partial charge on any atom is -0.291 e. The second-order valence-corrected chi connectivity index (χ2v) is 10.3. The van der Waals surface area contributed by atoms with Gasteiger partial charge in [-0.2, -0.15) is 0 Å². The van der Waals surface area contributed by atoms with E-state index in [1.165, 1.54) is 37.0 Å². The van der Waals surface area contributed by atoms with E-state index in [0.29, 0.717) is 0 Å². The van der Waals surface area contributed by atoms with E-state index in [0.717, 1.165) is 13.1 Å². The van der Waals surface area contributed by atoms with E-state index in [1.807, 2.05) is 12.4 Å². The molecule has 0 aliphatic carbocycles. The summed E-state index contributed by atoms with van der Waals surface area (Å²) < 4.78 is 0. The van der Waals surface area contributed by atoms with Crippen molar-refractivity contribution in [1.29, 1.82) is 0 Å². The van der Waals surface area contributed by atoms with Gasteiger partial charge in [0.2, 0.25) is 0 Å². The minimum atomic E-state index is 0.247. The van der Waals surface area contributed by atoms with Crippen LogP contribution in [0.5, 0.6) is 0 Å². The first-order valence-corrected chi connectivity index (χ1v) is 11.0. The van der Waals surface area contributed by atoms with E-state index in [1.54, 1.807) is 0 Å². The first kappa shape index (κ1) is 18.2. The Morgan fingerprint density at radius 2 is 1.00 bits per heavy atom. The largest absolute Gasteiger partial charge is 0.291 e. The number of nitrogens with zero attached hydrogens (tertiary/aromatic N) is 2. The molecule has 0 saturated heterocycles. The van der Waals surface area contributed by atoms with Crippen molar-refractivity contribution in [2.45, 2.75) is 27.7 Å². The number of hydrogen-bond donors (Lipinski definition) is 0. The van der Waals surface area contributed by atoms with Crippen molar-refractivity contribution in [2.75, 3.05) is 50.1 Å². The average Bonchev–Trinajstić information content (AvgIpc) is 2.41. The summed E-state index contributed by atoms with van der Waals surface area (Å²) in [6.07, 6.45) is 11.7. The van der Waals surface area contributed by atoms with Crippen molar-refractivity contribution in [3.8, 4) is 0 Å². The number of rotatable bonds is 11. The lowest BCUT2D eigenvalue weighted by Gasteiger charge is -2.10. The van der Waals surface area contributed by atoms with Gasteiger partial charge < -0.3 is 0 Å². The summed E-state index contributed by atoms with van der Waals surface area (Å²) in [7, 11) is 0.495. The molecule has 0 spiro atoms. The third kappa shape index (κ3) is 10.2. The van der Waals surface area contributed by atoms with Crippen LogP contribution in [-0.2, 0) is 0 Å². The van der Waals surface area contributed by atoms with Gasteiger partial charge in [0.1, 0.15) is 0 Å². The highest BCUT2D eigenvalue weighted by atomic mass is 31.1.